The molecule has 0 spiro atoms. The number of nitrogens with one attached hydrogen (secondary N) is 1. The lowest BCUT2D eigenvalue weighted by Crippen LogP contribution is -2.18. The second-order valence-corrected chi connectivity index (χ2v) is 4.97. The lowest BCUT2D eigenvalue weighted by molar-refractivity contribution is 0.215. The minimum Gasteiger partial charge on any atom is -0.355 e. The summed E-state index contributed by atoms with van der Waals surface area (Å²) in [6.45, 7) is 11.2. The Morgan fingerprint density at radius 3 is 1.94 bits per heavy atom. The molecule has 0 aromatic heterocycles. The summed E-state index contributed by atoms with van der Waals surface area (Å²) in [6.07, 6.45) is -1.08. The predicted octanol–water partition coefficient (Wildman–Crippen LogP) is 3.46. The van der Waals surface area contributed by atoms with Crippen molar-refractivity contribution in [3.05, 3.63) is 29.1 Å². The quantitative estimate of drug-likeness (QED) is 0.622. The third kappa shape index (κ3) is 3.29. The molecule has 4 heteroatoms. The Labute approximate surface area is 108 Å². The molecular weight excluding hydrogens is 231 g/mol. The van der Waals surface area contributed by atoms with Gasteiger partial charge >= 0.3 is 0 Å². The van der Waals surface area contributed by atoms with Crippen LogP contribution in [0.1, 0.15) is 50.7 Å². The molecule has 2 N–H and O–H groups in total. The molecule has 1 rings (SSSR count). The molecule has 1 aromatic rings. The number of halogens is 1. The average Bonchev–Trinajstić information content (AvgIpc) is 2.29. The Morgan fingerprint density at radius 1 is 1.17 bits per heavy atom. The molecule has 0 saturated heterocycles. The molecule has 0 saturated carbocycles. The van der Waals surface area contributed by atoms with E-state index in [4.69, 9.17) is 0 Å². The lowest BCUT2D eigenvalue weighted by Gasteiger charge is -2.22. The third-order valence-corrected chi connectivity index (χ3v) is 2.85. The van der Waals surface area contributed by atoms with Gasteiger partial charge in [-0.25, -0.2) is 4.39 Å². The predicted molar refractivity (Wildman–Crippen MR) is 73.8 cm³/mol. The zero-order valence-electron chi connectivity index (χ0n) is 11.4. The summed E-state index contributed by atoms with van der Waals surface area (Å²) in [5, 5.41) is 12.4. The third-order valence-electron chi connectivity index (χ3n) is 2.85. The minimum absolute atomic E-state index is 0.151. The van der Waals surface area contributed by atoms with Crippen molar-refractivity contribution in [3.8, 4) is 0 Å². The smallest absolute Gasteiger partial charge is 0.222 e. The topological polar surface area (TPSA) is 44.6 Å². The van der Waals surface area contributed by atoms with Crippen LogP contribution < -0.4 is 5.32 Å². The number of aliphatic hydroxyl groups is 1. The van der Waals surface area contributed by atoms with Gasteiger partial charge in [0.25, 0.3) is 0 Å². The summed E-state index contributed by atoms with van der Waals surface area (Å²) in [5.74, 6) is 0.0458. The molecule has 0 radical (unpaired) electrons. The lowest BCUT2D eigenvalue weighted by atomic mass is 9.92. The van der Waals surface area contributed by atoms with E-state index in [1.54, 1.807) is 0 Å². The van der Waals surface area contributed by atoms with Crippen molar-refractivity contribution in [2.75, 3.05) is 5.32 Å². The first-order chi connectivity index (χ1) is 8.36. The van der Waals surface area contributed by atoms with Crippen LogP contribution >= 0.6 is 0 Å². The fourth-order valence-electron chi connectivity index (χ4n) is 1.90. The van der Waals surface area contributed by atoms with Crippen molar-refractivity contribution in [1.29, 1.82) is 0 Å². The maximum Gasteiger partial charge on any atom is 0.222 e. The van der Waals surface area contributed by atoms with Crippen LogP contribution in [0.5, 0.6) is 0 Å². The molecule has 0 aliphatic carbocycles. The van der Waals surface area contributed by atoms with Crippen LogP contribution in [0, 0.1) is 5.82 Å². The molecule has 0 heterocycles. The maximum absolute atomic E-state index is 13.6. The zero-order chi connectivity index (χ0) is 13.9. The second-order valence-electron chi connectivity index (χ2n) is 4.97. The largest absolute Gasteiger partial charge is 0.355 e. The summed E-state index contributed by atoms with van der Waals surface area (Å²) < 4.78 is 13.6. The second kappa shape index (κ2) is 5.96. The average molecular weight is 252 g/mol. The number of rotatable bonds is 5. The number of nitrogens with zero attached hydrogens (tertiary/aromatic N) is 1. The van der Waals surface area contributed by atoms with Gasteiger partial charge in [-0.1, -0.05) is 27.7 Å². The van der Waals surface area contributed by atoms with Gasteiger partial charge in [-0.2, -0.15) is 0 Å². The van der Waals surface area contributed by atoms with Gasteiger partial charge in [0.05, 0.1) is 0 Å². The number of hydrogen-bond acceptors (Lipinski definition) is 3. The maximum atomic E-state index is 13.6. The van der Waals surface area contributed by atoms with Crippen LogP contribution in [0.4, 0.5) is 10.1 Å². The highest BCUT2D eigenvalue weighted by Crippen LogP contribution is 2.33. The summed E-state index contributed by atoms with van der Waals surface area (Å²) in [5.41, 5.74) is 2.42. The SMILES string of the molecule is C=NC(O)Nc1c(C(C)C)cc(F)cc1C(C)C. The first kappa shape index (κ1) is 14.6. The highest BCUT2D eigenvalue weighted by molar-refractivity contribution is 5.60. The molecule has 0 bridgehead atoms. The van der Waals surface area contributed by atoms with Gasteiger partial charge in [-0.3, -0.25) is 4.99 Å². The van der Waals surface area contributed by atoms with Crippen molar-refractivity contribution in [2.45, 2.75) is 45.9 Å². The summed E-state index contributed by atoms with van der Waals surface area (Å²) in [7, 11) is 0. The Hall–Kier alpha value is -1.42. The van der Waals surface area contributed by atoms with Crippen molar-refractivity contribution in [1.82, 2.24) is 0 Å². The van der Waals surface area contributed by atoms with Gasteiger partial charge in [-0.15, -0.1) is 0 Å². The number of aliphatic hydroxyl groups excluding tert-OH is 1. The molecule has 0 fully saturated rings. The van der Waals surface area contributed by atoms with E-state index < -0.39 is 6.35 Å². The Kier molecular flexibility index (Phi) is 4.84. The molecule has 100 valence electrons. The van der Waals surface area contributed by atoms with E-state index in [1.807, 2.05) is 27.7 Å². The van der Waals surface area contributed by atoms with Crippen molar-refractivity contribution in [3.63, 3.8) is 0 Å². The van der Waals surface area contributed by atoms with E-state index in [0.29, 0.717) is 0 Å². The van der Waals surface area contributed by atoms with Crippen LogP contribution in [0.3, 0.4) is 0 Å². The molecule has 0 aliphatic heterocycles. The number of hydrogen-bond donors (Lipinski definition) is 2. The van der Waals surface area contributed by atoms with E-state index in [0.717, 1.165) is 16.8 Å². The van der Waals surface area contributed by atoms with Crippen LogP contribution in [0.25, 0.3) is 0 Å². The van der Waals surface area contributed by atoms with Crippen LogP contribution in [0.15, 0.2) is 17.1 Å². The molecule has 0 aliphatic rings. The van der Waals surface area contributed by atoms with Gasteiger partial charge in [0.15, 0.2) is 0 Å². The van der Waals surface area contributed by atoms with Crippen LogP contribution in [-0.4, -0.2) is 18.2 Å². The number of aliphatic imine (C=N–C) groups is 1. The zero-order valence-corrected chi connectivity index (χ0v) is 11.4. The van der Waals surface area contributed by atoms with E-state index in [-0.39, 0.29) is 17.7 Å². The number of anilines is 1. The van der Waals surface area contributed by atoms with Gasteiger partial charge in [0, 0.05) is 5.69 Å². The Balaban J connectivity index is 3.35. The van der Waals surface area contributed by atoms with Crippen molar-refractivity contribution < 1.29 is 9.50 Å². The molecular formula is C14H21FN2O. The van der Waals surface area contributed by atoms with Crippen molar-refractivity contribution in [2.24, 2.45) is 4.99 Å². The molecule has 0 amide bonds. The first-order valence-electron chi connectivity index (χ1n) is 6.10. The van der Waals surface area contributed by atoms with Gasteiger partial charge in [0.2, 0.25) is 6.35 Å². The minimum atomic E-state index is -1.08. The van der Waals surface area contributed by atoms with Crippen molar-refractivity contribution >= 4 is 12.4 Å². The summed E-state index contributed by atoms with van der Waals surface area (Å²) >= 11 is 0. The fraction of sp³-hybridized carbons (Fsp3) is 0.500. The van der Waals surface area contributed by atoms with E-state index in [2.05, 4.69) is 17.0 Å². The summed E-state index contributed by atoms with van der Waals surface area (Å²) in [4.78, 5) is 3.51. The molecule has 3 nitrogen and oxygen atoms in total. The van der Waals surface area contributed by atoms with Gasteiger partial charge in [0.1, 0.15) is 5.82 Å². The normalized spacial score (nSPS) is 12.9. The first-order valence-corrected chi connectivity index (χ1v) is 6.10. The highest BCUT2D eigenvalue weighted by Gasteiger charge is 2.17. The molecule has 18 heavy (non-hydrogen) atoms. The van der Waals surface area contributed by atoms with Gasteiger partial charge < -0.3 is 10.4 Å². The van der Waals surface area contributed by atoms with Crippen LogP contribution in [0.2, 0.25) is 0 Å². The Bertz CT molecular complexity index is 401. The molecule has 1 atom stereocenters. The van der Waals surface area contributed by atoms with E-state index >= 15 is 0 Å². The Morgan fingerprint density at radius 2 is 1.61 bits per heavy atom. The monoisotopic (exact) mass is 252 g/mol. The highest BCUT2D eigenvalue weighted by atomic mass is 19.1. The molecule has 1 unspecified atom stereocenters. The van der Waals surface area contributed by atoms with E-state index in [9.17, 15) is 9.50 Å². The number of benzene rings is 1. The standard InChI is InChI=1S/C14H21FN2O/c1-8(2)11-6-10(15)7-12(9(3)4)13(11)17-14(18)16-5/h6-9,14,17-18H,5H2,1-4H3. The van der Waals surface area contributed by atoms with Gasteiger partial charge in [-0.05, 0) is 41.8 Å². The fourth-order valence-corrected chi connectivity index (χ4v) is 1.90. The summed E-state index contributed by atoms with van der Waals surface area (Å²) in [6, 6.07) is 2.99. The molecule has 1 aromatic carbocycles. The van der Waals surface area contributed by atoms with Crippen LogP contribution in [-0.2, 0) is 0 Å². The van der Waals surface area contributed by atoms with E-state index in [1.165, 1.54) is 12.1 Å².